The minimum Gasteiger partial charge on any atom is -0.457 e. The molecule has 0 spiro atoms. The van der Waals surface area contributed by atoms with Crippen LogP contribution in [0, 0.1) is 0 Å². The number of rotatable bonds is 5. The fourth-order valence-electron chi connectivity index (χ4n) is 2.21. The fourth-order valence-corrected chi connectivity index (χ4v) is 3.84. The van der Waals surface area contributed by atoms with Crippen LogP contribution in [0.4, 0.5) is 0 Å². The summed E-state index contributed by atoms with van der Waals surface area (Å²) in [6, 6.07) is 22.6. The summed E-state index contributed by atoms with van der Waals surface area (Å²) in [6.07, 6.45) is 0. The second-order valence-corrected chi connectivity index (χ2v) is 7.68. The molecule has 24 heavy (non-hydrogen) atoms. The van der Waals surface area contributed by atoms with Crippen LogP contribution in [0.25, 0.3) is 0 Å². The van der Waals surface area contributed by atoms with Gasteiger partial charge in [-0.15, -0.1) is 0 Å². The zero-order valence-corrected chi connectivity index (χ0v) is 15.1. The average molecular weight is 403 g/mol. The van der Waals surface area contributed by atoms with Gasteiger partial charge in [0, 0.05) is 5.33 Å². The van der Waals surface area contributed by atoms with Crippen molar-refractivity contribution in [1.82, 2.24) is 0 Å². The Morgan fingerprint density at radius 3 is 1.75 bits per heavy atom. The molecule has 0 saturated carbocycles. The maximum Gasteiger partial charge on any atom is 0.206 e. The van der Waals surface area contributed by atoms with E-state index in [0.717, 1.165) is 5.56 Å². The van der Waals surface area contributed by atoms with E-state index in [1.54, 1.807) is 48.5 Å². The van der Waals surface area contributed by atoms with Crippen LogP contribution in [0.2, 0.25) is 0 Å². The van der Waals surface area contributed by atoms with E-state index in [9.17, 15) is 8.42 Å². The lowest BCUT2D eigenvalue weighted by molar-refractivity contribution is 0.482. The molecular weight excluding hydrogens is 388 g/mol. The van der Waals surface area contributed by atoms with Crippen LogP contribution in [0.5, 0.6) is 11.5 Å². The predicted molar refractivity (Wildman–Crippen MR) is 97.5 cm³/mol. The minimum atomic E-state index is -3.52. The molecule has 3 rings (SSSR count). The lowest BCUT2D eigenvalue weighted by atomic mass is 10.2. The first-order chi connectivity index (χ1) is 11.6. The Morgan fingerprint density at radius 2 is 1.21 bits per heavy atom. The van der Waals surface area contributed by atoms with E-state index in [1.165, 1.54) is 0 Å². The van der Waals surface area contributed by atoms with Crippen LogP contribution < -0.4 is 4.74 Å². The van der Waals surface area contributed by atoms with Gasteiger partial charge in [-0.05, 0) is 54.1 Å². The second-order valence-electron chi connectivity index (χ2n) is 5.17. The number of hydrogen-bond acceptors (Lipinski definition) is 3. The van der Waals surface area contributed by atoms with E-state index in [0.29, 0.717) is 16.8 Å². The summed E-state index contributed by atoms with van der Waals surface area (Å²) in [5, 5.41) is 0.693. The smallest absolute Gasteiger partial charge is 0.206 e. The molecule has 3 aromatic carbocycles. The molecule has 122 valence electrons. The first-order valence-corrected chi connectivity index (χ1v) is 9.93. The Morgan fingerprint density at radius 1 is 0.708 bits per heavy atom. The van der Waals surface area contributed by atoms with Crippen LogP contribution in [-0.4, -0.2) is 8.42 Å². The number of halogens is 1. The van der Waals surface area contributed by atoms with Crippen molar-refractivity contribution in [3.8, 4) is 11.5 Å². The van der Waals surface area contributed by atoms with Crippen molar-refractivity contribution in [3.05, 3.63) is 84.4 Å². The maximum atomic E-state index is 12.7. The molecule has 0 radical (unpaired) electrons. The van der Waals surface area contributed by atoms with E-state index in [1.807, 2.05) is 30.3 Å². The molecule has 0 fully saturated rings. The molecule has 0 aliphatic rings. The summed E-state index contributed by atoms with van der Waals surface area (Å²) in [4.78, 5) is 0.526. The Bertz CT molecular complexity index is 903. The fraction of sp³-hybridized carbons (Fsp3) is 0.0526. The van der Waals surface area contributed by atoms with Crippen LogP contribution in [-0.2, 0) is 15.2 Å². The van der Waals surface area contributed by atoms with Crippen molar-refractivity contribution < 1.29 is 13.2 Å². The zero-order chi connectivity index (χ0) is 17.0. The van der Waals surface area contributed by atoms with Gasteiger partial charge in [0.25, 0.3) is 0 Å². The Labute approximate surface area is 150 Å². The zero-order valence-electron chi connectivity index (χ0n) is 12.7. The Kier molecular flexibility index (Phi) is 5.02. The van der Waals surface area contributed by atoms with Crippen molar-refractivity contribution >= 4 is 25.8 Å². The van der Waals surface area contributed by atoms with E-state index in [4.69, 9.17) is 4.74 Å². The van der Waals surface area contributed by atoms with Gasteiger partial charge in [-0.25, -0.2) is 8.42 Å². The number of benzene rings is 3. The first-order valence-electron chi connectivity index (χ1n) is 7.32. The van der Waals surface area contributed by atoms with Crippen LogP contribution in [0.1, 0.15) is 5.56 Å². The highest BCUT2D eigenvalue weighted by molar-refractivity contribution is 9.08. The molecule has 0 aromatic heterocycles. The molecule has 3 aromatic rings. The predicted octanol–water partition coefficient (Wildman–Crippen LogP) is 5.21. The van der Waals surface area contributed by atoms with Gasteiger partial charge in [0.1, 0.15) is 11.5 Å². The molecule has 0 atom stereocenters. The molecule has 0 unspecified atom stereocenters. The van der Waals surface area contributed by atoms with Gasteiger partial charge in [-0.2, -0.15) is 0 Å². The molecule has 0 aliphatic heterocycles. The summed E-state index contributed by atoms with van der Waals surface area (Å²) < 4.78 is 31.0. The molecule has 0 N–H and O–H groups in total. The van der Waals surface area contributed by atoms with Crippen molar-refractivity contribution in [2.45, 2.75) is 15.1 Å². The summed E-state index contributed by atoms with van der Waals surface area (Å²) >= 11 is 3.35. The third-order valence-electron chi connectivity index (χ3n) is 3.50. The van der Waals surface area contributed by atoms with Crippen LogP contribution in [0.3, 0.4) is 0 Å². The third kappa shape index (κ3) is 3.68. The molecule has 0 amide bonds. The van der Waals surface area contributed by atoms with E-state index < -0.39 is 9.84 Å². The molecule has 5 heteroatoms. The highest BCUT2D eigenvalue weighted by atomic mass is 79.9. The highest BCUT2D eigenvalue weighted by Gasteiger charge is 2.17. The largest absolute Gasteiger partial charge is 0.457 e. The minimum absolute atomic E-state index is 0.245. The Balaban J connectivity index is 1.83. The molecular formula is C19H15BrO3S. The number of sulfone groups is 1. The van der Waals surface area contributed by atoms with Crippen LogP contribution in [0.15, 0.2) is 88.7 Å². The normalized spacial score (nSPS) is 11.2. The lowest BCUT2D eigenvalue weighted by Gasteiger charge is -2.08. The molecule has 0 aliphatic carbocycles. The molecule has 0 heterocycles. The Hall–Kier alpha value is -2.11. The van der Waals surface area contributed by atoms with E-state index >= 15 is 0 Å². The van der Waals surface area contributed by atoms with Gasteiger partial charge in [0.2, 0.25) is 9.84 Å². The SMILES string of the molecule is O=S(=O)(c1ccc(CBr)cc1)c1ccc(Oc2ccccc2)cc1. The van der Waals surface area contributed by atoms with Gasteiger partial charge in [-0.3, -0.25) is 0 Å². The molecule has 0 saturated heterocycles. The lowest BCUT2D eigenvalue weighted by Crippen LogP contribution is -2.02. The van der Waals surface area contributed by atoms with Gasteiger partial charge in [0.15, 0.2) is 0 Å². The summed E-state index contributed by atoms with van der Waals surface area (Å²) in [6.45, 7) is 0. The monoisotopic (exact) mass is 402 g/mol. The first kappa shape index (κ1) is 16.7. The quantitative estimate of drug-likeness (QED) is 0.550. The van der Waals surface area contributed by atoms with Crippen LogP contribution >= 0.6 is 15.9 Å². The highest BCUT2D eigenvalue weighted by Crippen LogP contribution is 2.26. The summed E-state index contributed by atoms with van der Waals surface area (Å²) in [7, 11) is -3.52. The van der Waals surface area contributed by atoms with E-state index in [-0.39, 0.29) is 9.79 Å². The average Bonchev–Trinajstić information content (AvgIpc) is 2.63. The van der Waals surface area contributed by atoms with Crippen molar-refractivity contribution in [3.63, 3.8) is 0 Å². The van der Waals surface area contributed by atoms with Crippen molar-refractivity contribution in [1.29, 1.82) is 0 Å². The third-order valence-corrected chi connectivity index (χ3v) is 5.93. The van der Waals surface area contributed by atoms with Gasteiger partial charge in [0.05, 0.1) is 9.79 Å². The number of alkyl halides is 1. The van der Waals surface area contributed by atoms with Gasteiger partial charge >= 0.3 is 0 Å². The molecule has 3 nitrogen and oxygen atoms in total. The van der Waals surface area contributed by atoms with E-state index in [2.05, 4.69) is 15.9 Å². The van der Waals surface area contributed by atoms with Crippen molar-refractivity contribution in [2.24, 2.45) is 0 Å². The van der Waals surface area contributed by atoms with Gasteiger partial charge < -0.3 is 4.74 Å². The molecule has 0 bridgehead atoms. The number of para-hydroxylation sites is 1. The van der Waals surface area contributed by atoms with Gasteiger partial charge in [-0.1, -0.05) is 46.3 Å². The van der Waals surface area contributed by atoms with Crippen molar-refractivity contribution in [2.75, 3.05) is 0 Å². The topological polar surface area (TPSA) is 43.4 Å². The number of ether oxygens (including phenoxy) is 1. The summed E-state index contributed by atoms with van der Waals surface area (Å²) in [5.41, 5.74) is 1.03. The maximum absolute atomic E-state index is 12.7. The standard InChI is InChI=1S/C19H15BrO3S/c20-14-15-6-10-18(11-7-15)24(21,22)19-12-8-17(9-13-19)23-16-4-2-1-3-5-16/h1-13H,14H2. The number of hydrogen-bond donors (Lipinski definition) is 0. The summed E-state index contributed by atoms with van der Waals surface area (Å²) in [5.74, 6) is 1.30. The second kappa shape index (κ2) is 7.20.